The second-order valence-electron chi connectivity index (χ2n) is 4.42. The summed E-state index contributed by atoms with van der Waals surface area (Å²) in [5.41, 5.74) is -0.00810. The zero-order chi connectivity index (χ0) is 16.5. The number of benzene rings is 1. The molecular weight excluding hydrogens is 291 g/mol. The zero-order valence-electron chi connectivity index (χ0n) is 13.1. The number of rotatable bonds is 9. The first-order valence-electron chi connectivity index (χ1n) is 7.29. The van der Waals surface area contributed by atoms with Crippen molar-refractivity contribution in [2.24, 2.45) is 0 Å². The summed E-state index contributed by atoms with van der Waals surface area (Å²) in [4.78, 5) is 23.6. The molecule has 6 heteroatoms. The van der Waals surface area contributed by atoms with Crippen LogP contribution in [0.25, 0.3) is 0 Å². The first-order valence-corrected chi connectivity index (χ1v) is 7.29. The number of esters is 1. The van der Waals surface area contributed by atoms with Crippen LogP contribution >= 0.6 is 0 Å². The van der Waals surface area contributed by atoms with Gasteiger partial charge in [-0.15, -0.1) is 0 Å². The van der Waals surface area contributed by atoms with Crippen LogP contribution in [0, 0.1) is 0 Å². The number of Topliss-reactive ketones (excluding diaryl/α,β-unsaturated/α-hetero) is 1. The van der Waals surface area contributed by atoms with Gasteiger partial charge in [-0.05, 0) is 32.4 Å². The molecule has 0 saturated carbocycles. The summed E-state index contributed by atoms with van der Waals surface area (Å²) in [6.07, 6.45) is -1.80. The molecule has 0 aromatic heterocycles. The summed E-state index contributed by atoms with van der Waals surface area (Å²) in [5, 5.41) is 0. The lowest BCUT2D eigenvalue weighted by atomic mass is 10.1. The van der Waals surface area contributed by atoms with E-state index in [1.807, 2.05) is 6.92 Å². The van der Waals surface area contributed by atoms with E-state index in [1.165, 1.54) is 18.2 Å². The van der Waals surface area contributed by atoms with E-state index in [2.05, 4.69) is 4.74 Å². The topological polar surface area (TPSA) is 61.8 Å². The Morgan fingerprint density at radius 3 is 2.41 bits per heavy atom. The summed E-state index contributed by atoms with van der Waals surface area (Å²) in [7, 11) is 0. The lowest BCUT2D eigenvalue weighted by Crippen LogP contribution is -2.28. The van der Waals surface area contributed by atoms with Crippen LogP contribution in [-0.4, -0.2) is 37.7 Å². The Kier molecular flexibility index (Phi) is 7.36. The maximum Gasteiger partial charge on any atom is 0.349 e. The normalized spacial score (nSPS) is 11.6. The van der Waals surface area contributed by atoms with Crippen LogP contribution in [0.4, 0.5) is 4.39 Å². The van der Waals surface area contributed by atoms with Gasteiger partial charge in [0.1, 0.15) is 11.5 Å². The molecule has 0 aliphatic carbocycles. The van der Waals surface area contributed by atoms with Gasteiger partial charge in [-0.2, -0.15) is 0 Å². The molecule has 22 heavy (non-hydrogen) atoms. The van der Waals surface area contributed by atoms with Gasteiger partial charge in [0.15, 0.2) is 0 Å². The van der Waals surface area contributed by atoms with Crippen molar-refractivity contribution in [1.82, 2.24) is 0 Å². The number of halogens is 1. The number of hydrogen-bond acceptors (Lipinski definition) is 5. The molecule has 0 N–H and O–H groups in total. The molecule has 0 fully saturated rings. The molecule has 122 valence electrons. The van der Waals surface area contributed by atoms with Crippen molar-refractivity contribution in [2.45, 2.75) is 33.4 Å². The fraction of sp³-hybridized carbons (Fsp3) is 0.500. The smallest absolute Gasteiger partial charge is 0.349 e. The first-order chi connectivity index (χ1) is 10.5. The maximum atomic E-state index is 14.0. The van der Waals surface area contributed by atoms with Crippen molar-refractivity contribution in [3.8, 4) is 11.5 Å². The van der Waals surface area contributed by atoms with Crippen molar-refractivity contribution < 1.29 is 28.2 Å². The Balaban J connectivity index is 2.97. The van der Waals surface area contributed by atoms with Crippen LogP contribution in [0.5, 0.6) is 11.5 Å². The number of hydrogen-bond donors (Lipinski definition) is 0. The summed E-state index contributed by atoms with van der Waals surface area (Å²) in [6, 6.07) is 4.42. The molecule has 0 radical (unpaired) electrons. The molecule has 0 bridgehead atoms. The van der Waals surface area contributed by atoms with E-state index in [1.54, 1.807) is 13.8 Å². The van der Waals surface area contributed by atoms with Gasteiger partial charge >= 0.3 is 5.97 Å². The molecule has 0 saturated heterocycles. The van der Waals surface area contributed by atoms with Gasteiger partial charge in [0.2, 0.25) is 5.78 Å². The Bertz CT molecular complexity index is 515. The van der Waals surface area contributed by atoms with Gasteiger partial charge in [0, 0.05) is 6.07 Å². The van der Waals surface area contributed by atoms with Gasteiger partial charge in [-0.25, -0.2) is 9.18 Å². The molecular formula is C16H21FO5. The van der Waals surface area contributed by atoms with Gasteiger partial charge in [0.05, 0.1) is 25.4 Å². The molecule has 1 rings (SSSR count). The average Bonchev–Trinajstić information content (AvgIpc) is 2.52. The highest BCUT2D eigenvalue weighted by molar-refractivity contribution is 6.12. The molecule has 1 atom stereocenters. The minimum absolute atomic E-state index is 0.00810. The Hall–Kier alpha value is -2.11. The Labute approximate surface area is 129 Å². The highest BCUT2D eigenvalue weighted by atomic mass is 19.1. The average molecular weight is 312 g/mol. The van der Waals surface area contributed by atoms with E-state index in [0.29, 0.717) is 25.4 Å². The van der Waals surface area contributed by atoms with Crippen molar-refractivity contribution >= 4 is 11.8 Å². The van der Waals surface area contributed by atoms with Gasteiger partial charge in [-0.3, -0.25) is 4.79 Å². The minimum Gasteiger partial charge on any atom is -0.494 e. The third-order valence-electron chi connectivity index (χ3n) is 2.71. The summed E-state index contributed by atoms with van der Waals surface area (Å²) in [5.74, 6) is -1.47. The zero-order valence-corrected chi connectivity index (χ0v) is 13.1. The molecule has 1 aromatic carbocycles. The van der Waals surface area contributed by atoms with Crippen LogP contribution in [0.3, 0.4) is 0 Å². The Morgan fingerprint density at radius 1 is 1.14 bits per heavy atom. The highest BCUT2D eigenvalue weighted by Gasteiger charge is 2.30. The third-order valence-corrected chi connectivity index (χ3v) is 2.71. The predicted molar refractivity (Wildman–Crippen MR) is 79.3 cm³/mol. The van der Waals surface area contributed by atoms with Crippen molar-refractivity contribution in [3.05, 3.63) is 23.8 Å². The number of ketones is 1. The van der Waals surface area contributed by atoms with E-state index < -0.39 is 17.9 Å². The van der Waals surface area contributed by atoms with Gasteiger partial charge in [-0.1, -0.05) is 6.92 Å². The first kappa shape index (κ1) is 17.9. The summed E-state index contributed by atoms with van der Waals surface area (Å²) >= 11 is 0. The van der Waals surface area contributed by atoms with Crippen LogP contribution in [0.1, 0.15) is 37.6 Å². The lowest BCUT2D eigenvalue weighted by Gasteiger charge is -2.13. The standard InChI is InChI=1S/C16H21FO5/c1-4-9-22-16(19)14(17)15(18)12-8-7-11(20-5-2)10-13(12)21-6-3/h7-8,10,14H,4-6,9H2,1-3H3. The van der Waals surface area contributed by atoms with Gasteiger partial charge in [0.25, 0.3) is 6.17 Å². The van der Waals surface area contributed by atoms with E-state index in [9.17, 15) is 14.0 Å². The minimum atomic E-state index is -2.36. The largest absolute Gasteiger partial charge is 0.494 e. The molecule has 0 aliphatic heterocycles. The molecule has 5 nitrogen and oxygen atoms in total. The Morgan fingerprint density at radius 2 is 1.82 bits per heavy atom. The molecule has 1 aromatic rings. The highest BCUT2D eigenvalue weighted by Crippen LogP contribution is 2.27. The number of ether oxygens (including phenoxy) is 3. The van der Waals surface area contributed by atoms with Crippen LogP contribution in [0.2, 0.25) is 0 Å². The third kappa shape index (κ3) is 4.72. The quantitative estimate of drug-likeness (QED) is 0.398. The number of carbonyl (C=O) groups is 2. The van der Waals surface area contributed by atoms with E-state index in [0.717, 1.165) is 0 Å². The maximum absolute atomic E-state index is 14.0. The van der Waals surface area contributed by atoms with Gasteiger partial charge < -0.3 is 14.2 Å². The molecule has 1 unspecified atom stereocenters. The SMILES string of the molecule is CCCOC(=O)C(F)C(=O)c1ccc(OCC)cc1OCC. The predicted octanol–water partition coefficient (Wildman–Crippen LogP) is 2.96. The fourth-order valence-electron chi connectivity index (χ4n) is 1.76. The monoisotopic (exact) mass is 312 g/mol. The van der Waals surface area contributed by atoms with Crippen LogP contribution in [-0.2, 0) is 9.53 Å². The number of carbonyl (C=O) groups excluding carboxylic acids is 2. The summed E-state index contributed by atoms with van der Waals surface area (Å²) in [6.45, 7) is 6.17. The lowest BCUT2D eigenvalue weighted by molar-refractivity contribution is -0.147. The number of alkyl halides is 1. The van der Waals surface area contributed by atoms with E-state index >= 15 is 0 Å². The van der Waals surface area contributed by atoms with E-state index in [-0.39, 0.29) is 17.9 Å². The van der Waals surface area contributed by atoms with Crippen LogP contribution < -0.4 is 9.47 Å². The van der Waals surface area contributed by atoms with Crippen molar-refractivity contribution in [1.29, 1.82) is 0 Å². The molecule has 0 aliphatic rings. The van der Waals surface area contributed by atoms with Crippen molar-refractivity contribution in [2.75, 3.05) is 19.8 Å². The van der Waals surface area contributed by atoms with E-state index in [4.69, 9.17) is 9.47 Å². The summed E-state index contributed by atoms with van der Waals surface area (Å²) < 4.78 is 29.3. The second-order valence-corrected chi connectivity index (χ2v) is 4.42. The molecule has 0 amide bonds. The molecule has 0 heterocycles. The second kappa shape index (κ2) is 9.02. The fourth-order valence-corrected chi connectivity index (χ4v) is 1.76. The van der Waals surface area contributed by atoms with Crippen LogP contribution in [0.15, 0.2) is 18.2 Å². The van der Waals surface area contributed by atoms with Crippen molar-refractivity contribution in [3.63, 3.8) is 0 Å². The molecule has 0 spiro atoms.